The number of nitrogens with zero attached hydrogens (tertiary/aromatic N) is 3. The molecule has 24 heavy (non-hydrogen) atoms. The Morgan fingerprint density at radius 3 is 2.54 bits per heavy atom. The molecule has 4 rings (SSSR count). The molecule has 0 unspecified atom stereocenters. The Labute approximate surface area is 140 Å². The van der Waals surface area contributed by atoms with E-state index >= 15 is 0 Å². The van der Waals surface area contributed by atoms with E-state index in [0.29, 0.717) is 5.95 Å². The van der Waals surface area contributed by atoms with Gasteiger partial charge in [-0.1, -0.05) is 42.0 Å². The molecule has 0 aliphatic rings. The van der Waals surface area contributed by atoms with E-state index < -0.39 is 0 Å². The second-order valence-corrected chi connectivity index (χ2v) is 5.65. The van der Waals surface area contributed by atoms with Gasteiger partial charge in [0.25, 0.3) is 0 Å². The van der Waals surface area contributed by atoms with E-state index in [1.165, 1.54) is 5.56 Å². The van der Waals surface area contributed by atoms with Crippen molar-refractivity contribution in [2.75, 3.05) is 5.32 Å². The lowest BCUT2D eigenvalue weighted by Crippen LogP contribution is -2.00. The van der Waals surface area contributed by atoms with Gasteiger partial charge in [-0.3, -0.25) is 4.98 Å². The van der Waals surface area contributed by atoms with Crippen molar-refractivity contribution in [1.29, 1.82) is 0 Å². The van der Waals surface area contributed by atoms with Crippen molar-refractivity contribution < 1.29 is 0 Å². The summed E-state index contributed by atoms with van der Waals surface area (Å²) in [6.07, 6.45) is 3.50. The van der Waals surface area contributed by atoms with Crippen LogP contribution in [0.3, 0.4) is 0 Å². The average Bonchev–Trinajstić information content (AvgIpc) is 2.63. The van der Waals surface area contributed by atoms with Crippen molar-refractivity contribution in [3.63, 3.8) is 0 Å². The summed E-state index contributed by atoms with van der Waals surface area (Å²) in [5.74, 6) is 0.568. The SMILES string of the molecule is Cc1ccc2nc(Nc3cccnc3)nc(-c3ccccc3)c2c1. The second kappa shape index (κ2) is 6.08. The third-order valence-corrected chi connectivity index (χ3v) is 3.82. The van der Waals surface area contributed by atoms with Crippen LogP contribution in [0.15, 0.2) is 73.1 Å². The van der Waals surface area contributed by atoms with Crippen LogP contribution in [0.2, 0.25) is 0 Å². The fourth-order valence-electron chi connectivity index (χ4n) is 2.68. The minimum Gasteiger partial charge on any atom is -0.323 e. The summed E-state index contributed by atoms with van der Waals surface area (Å²) in [4.78, 5) is 13.5. The number of hydrogen-bond acceptors (Lipinski definition) is 4. The van der Waals surface area contributed by atoms with Gasteiger partial charge in [-0.25, -0.2) is 9.97 Å². The van der Waals surface area contributed by atoms with Gasteiger partial charge in [0.15, 0.2) is 0 Å². The molecule has 4 aromatic rings. The number of benzene rings is 2. The zero-order valence-electron chi connectivity index (χ0n) is 13.3. The van der Waals surface area contributed by atoms with Crippen LogP contribution in [-0.2, 0) is 0 Å². The third-order valence-electron chi connectivity index (χ3n) is 3.82. The maximum Gasteiger partial charge on any atom is 0.228 e. The molecule has 1 N–H and O–H groups in total. The molecule has 0 saturated heterocycles. The van der Waals surface area contributed by atoms with Crippen molar-refractivity contribution in [2.45, 2.75) is 6.92 Å². The molecule has 4 nitrogen and oxygen atoms in total. The van der Waals surface area contributed by atoms with E-state index in [2.05, 4.69) is 46.5 Å². The second-order valence-electron chi connectivity index (χ2n) is 5.65. The van der Waals surface area contributed by atoms with Crippen molar-refractivity contribution in [2.24, 2.45) is 0 Å². The molecule has 2 aromatic heterocycles. The molecule has 0 aliphatic carbocycles. The van der Waals surface area contributed by atoms with Gasteiger partial charge in [0, 0.05) is 17.1 Å². The molecule has 116 valence electrons. The highest BCUT2D eigenvalue weighted by Crippen LogP contribution is 2.28. The molecule has 0 aliphatic heterocycles. The first-order valence-electron chi connectivity index (χ1n) is 7.80. The Balaban J connectivity index is 1.89. The largest absolute Gasteiger partial charge is 0.323 e. The summed E-state index contributed by atoms with van der Waals surface area (Å²) in [5.41, 5.74) is 4.97. The molecular formula is C20H16N4. The van der Waals surface area contributed by atoms with Crippen LogP contribution < -0.4 is 5.32 Å². The highest BCUT2D eigenvalue weighted by Gasteiger charge is 2.10. The van der Waals surface area contributed by atoms with E-state index in [9.17, 15) is 0 Å². The molecule has 0 atom stereocenters. The number of aryl methyl sites for hydroxylation is 1. The lowest BCUT2D eigenvalue weighted by Gasteiger charge is -2.11. The Kier molecular flexibility index (Phi) is 3.63. The van der Waals surface area contributed by atoms with Gasteiger partial charge in [0.1, 0.15) is 0 Å². The number of pyridine rings is 1. The topological polar surface area (TPSA) is 50.7 Å². The van der Waals surface area contributed by atoms with Crippen molar-refractivity contribution in [3.8, 4) is 11.3 Å². The van der Waals surface area contributed by atoms with Crippen LogP contribution in [0.4, 0.5) is 11.6 Å². The maximum atomic E-state index is 4.76. The van der Waals surface area contributed by atoms with E-state index in [-0.39, 0.29) is 0 Å². The van der Waals surface area contributed by atoms with Gasteiger partial charge in [-0.2, -0.15) is 0 Å². The molecule has 0 amide bonds. The summed E-state index contributed by atoms with van der Waals surface area (Å²) in [7, 11) is 0. The van der Waals surface area contributed by atoms with E-state index in [1.807, 2.05) is 36.4 Å². The molecule has 0 saturated carbocycles. The van der Waals surface area contributed by atoms with Gasteiger partial charge >= 0.3 is 0 Å². The smallest absolute Gasteiger partial charge is 0.228 e. The zero-order chi connectivity index (χ0) is 16.4. The first kappa shape index (κ1) is 14.3. The first-order chi connectivity index (χ1) is 11.8. The highest BCUT2D eigenvalue weighted by atomic mass is 15.1. The minimum atomic E-state index is 0.568. The minimum absolute atomic E-state index is 0.568. The summed E-state index contributed by atoms with van der Waals surface area (Å²) < 4.78 is 0. The molecule has 0 radical (unpaired) electrons. The number of fused-ring (bicyclic) bond motifs is 1. The molecule has 4 heteroatoms. The van der Waals surface area contributed by atoms with Crippen LogP contribution in [-0.4, -0.2) is 15.0 Å². The molecule has 0 fully saturated rings. The Morgan fingerprint density at radius 2 is 1.75 bits per heavy atom. The lowest BCUT2D eigenvalue weighted by molar-refractivity contribution is 1.20. The molecule has 0 spiro atoms. The summed E-state index contributed by atoms with van der Waals surface area (Å²) in [5, 5.41) is 4.29. The predicted octanol–water partition coefficient (Wildman–Crippen LogP) is 4.74. The fraction of sp³-hybridized carbons (Fsp3) is 0.0500. The average molecular weight is 312 g/mol. The number of anilines is 2. The first-order valence-corrected chi connectivity index (χ1v) is 7.80. The van der Waals surface area contributed by atoms with Gasteiger partial charge in [0.2, 0.25) is 5.95 Å². The van der Waals surface area contributed by atoms with Crippen LogP contribution in [0.1, 0.15) is 5.56 Å². The monoisotopic (exact) mass is 312 g/mol. The number of aromatic nitrogens is 3. The summed E-state index contributed by atoms with van der Waals surface area (Å²) in [6.45, 7) is 2.08. The quantitative estimate of drug-likeness (QED) is 0.593. The van der Waals surface area contributed by atoms with Crippen molar-refractivity contribution >= 4 is 22.5 Å². The number of rotatable bonds is 3. The van der Waals surface area contributed by atoms with Gasteiger partial charge in [-0.15, -0.1) is 0 Å². The molecule has 2 heterocycles. The summed E-state index contributed by atoms with van der Waals surface area (Å²) >= 11 is 0. The van der Waals surface area contributed by atoms with Crippen LogP contribution in [0.5, 0.6) is 0 Å². The molecular weight excluding hydrogens is 296 g/mol. The van der Waals surface area contributed by atoms with E-state index in [0.717, 1.165) is 27.8 Å². The van der Waals surface area contributed by atoms with Crippen molar-refractivity contribution in [1.82, 2.24) is 15.0 Å². The lowest BCUT2D eigenvalue weighted by atomic mass is 10.0. The predicted molar refractivity (Wildman–Crippen MR) is 97.2 cm³/mol. The van der Waals surface area contributed by atoms with E-state index in [4.69, 9.17) is 4.98 Å². The summed E-state index contributed by atoms with van der Waals surface area (Å²) in [6, 6.07) is 20.2. The highest BCUT2D eigenvalue weighted by molar-refractivity contribution is 5.93. The van der Waals surface area contributed by atoms with Crippen molar-refractivity contribution in [3.05, 3.63) is 78.6 Å². The van der Waals surface area contributed by atoms with Gasteiger partial charge < -0.3 is 5.32 Å². The molecule has 0 bridgehead atoms. The number of hydrogen-bond donors (Lipinski definition) is 1. The van der Waals surface area contributed by atoms with Gasteiger partial charge in [0.05, 0.1) is 23.1 Å². The maximum absolute atomic E-state index is 4.76. The van der Waals surface area contributed by atoms with Crippen LogP contribution in [0.25, 0.3) is 22.2 Å². The zero-order valence-corrected chi connectivity index (χ0v) is 13.3. The third kappa shape index (κ3) is 2.82. The Hall–Kier alpha value is -3.27. The van der Waals surface area contributed by atoms with Gasteiger partial charge in [-0.05, 0) is 31.2 Å². The Morgan fingerprint density at radius 1 is 0.875 bits per heavy atom. The number of nitrogens with one attached hydrogen (secondary N) is 1. The van der Waals surface area contributed by atoms with E-state index in [1.54, 1.807) is 12.4 Å². The van der Waals surface area contributed by atoms with Crippen LogP contribution >= 0.6 is 0 Å². The Bertz CT molecular complexity index is 982. The standard InChI is InChI=1S/C20H16N4/c1-14-9-10-18-17(12-14)19(15-6-3-2-4-7-15)24-20(23-18)22-16-8-5-11-21-13-16/h2-13H,1H3,(H,22,23,24). The normalized spacial score (nSPS) is 10.7. The fourth-order valence-corrected chi connectivity index (χ4v) is 2.68. The van der Waals surface area contributed by atoms with Crippen LogP contribution in [0, 0.1) is 6.92 Å². The molecule has 2 aromatic carbocycles.